The van der Waals surface area contributed by atoms with E-state index in [9.17, 15) is 4.79 Å². The Morgan fingerprint density at radius 3 is 2.27 bits per heavy atom. The molecule has 0 heterocycles. The lowest BCUT2D eigenvalue weighted by Gasteiger charge is -2.31. The summed E-state index contributed by atoms with van der Waals surface area (Å²) >= 11 is 0. The van der Waals surface area contributed by atoms with Crippen molar-refractivity contribution in [1.29, 1.82) is 0 Å². The van der Waals surface area contributed by atoms with Gasteiger partial charge in [0, 0.05) is 12.3 Å². The van der Waals surface area contributed by atoms with Gasteiger partial charge in [-0.05, 0) is 36.4 Å². The van der Waals surface area contributed by atoms with Gasteiger partial charge in [0.05, 0.1) is 5.60 Å². The van der Waals surface area contributed by atoms with Gasteiger partial charge in [-0.25, -0.2) is 0 Å². The molecule has 0 fully saturated rings. The van der Waals surface area contributed by atoms with Crippen molar-refractivity contribution in [2.75, 3.05) is 0 Å². The van der Waals surface area contributed by atoms with Gasteiger partial charge in [0.15, 0.2) is 0 Å². The number of benzene rings is 1. The fourth-order valence-electron chi connectivity index (χ4n) is 2.21. The summed E-state index contributed by atoms with van der Waals surface area (Å²) in [6, 6.07) is 8.34. The number of ketones is 1. The zero-order chi connectivity index (χ0) is 17.0. The average Bonchev–Trinajstić information content (AvgIpc) is 2.42. The van der Waals surface area contributed by atoms with Crippen molar-refractivity contribution < 1.29 is 9.22 Å². The minimum Gasteiger partial charge on any atom is -0.408 e. The topological polar surface area (TPSA) is 26.3 Å². The van der Waals surface area contributed by atoms with Crippen LogP contribution in [-0.4, -0.2) is 15.5 Å². The van der Waals surface area contributed by atoms with Crippen molar-refractivity contribution in [3.8, 4) is 0 Å². The van der Waals surface area contributed by atoms with Gasteiger partial charge in [-0.2, -0.15) is 0 Å². The molecule has 2 nitrogen and oxygen atoms in total. The van der Waals surface area contributed by atoms with Gasteiger partial charge in [0.1, 0.15) is 5.78 Å². The van der Waals surface area contributed by atoms with Crippen molar-refractivity contribution in [3.05, 3.63) is 35.4 Å². The largest absolute Gasteiger partial charge is 0.408 e. The predicted octanol–water partition coefficient (Wildman–Crippen LogP) is 4.93. The number of hydrogen-bond acceptors (Lipinski definition) is 2. The van der Waals surface area contributed by atoms with Crippen LogP contribution in [-0.2, 0) is 21.2 Å². The highest BCUT2D eigenvalue weighted by Crippen LogP contribution is 2.31. The molecular formula is C19H30O2Si. The lowest BCUT2D eigenvalue weighted by atomic mass is 9.90. The maximum Gasteiger partial charge on any atom is 0.236 e. The van der Waals surface area contributed by atoms with E-state index in [2.05, 4.69) is 52.8 Å². The molecule has 0 bridgehead atoms. The molecule has 1 aromatic rings. The van der Waals surface area contributed by atoms with Gasteiger partial charge in [0.2, 0.25) is 9.76 Å². The quantitative estimate of drug-likeness (QED) is 0.666. The normalized spacial score (nSPS) is 12.7. The summed E-state index contributed by atoms with van der Waals surface area (Å²) in [5.41, 5.74) is 2.09. The van der Waals surface area contributed by atoms with Crippen LogP contribution in [0.2, 0.25) is 5.04 Å². The molecule has 122 valence electrons. The SMILES string of the molecule is CC(C)C(=O)CCc1ccccc1C(C)(C)O[Si]C(C)(C)C. The highest BCUT2D eigenvalue weighted by Gasteiger charge is 2.27. The van der Waals surface area contributed by atoms with Crippen molar-refractivity contribution in [3.63, 3.8) is 0 Å². The third-order valence-electron chi connectivity index (χ3n) is 3.56. The molecule has 0 aliphatic rings. The van der Waals surface area contributed by atoms with Gasteiger partial charge >= 0.3 is 0 Å². The van der Waals surface area contributed by atoms with Gasteiger partial charge in [-0.1, -0.05) is 58.9 Å². The molecule has 0 aliphatic carbocycles. The van der Waals surface area contributed by atoms with Crippen molar-refractivity contribution >= 4 is 15.5 Å². The van der Waals surface area contributed by atoms with Crippen LogP contribution in [0.3, 0.4) is 0 Å². The second kappa shape index (κ2) is 7.56. The predicted molar refractivity (Wildman–Crippen MR) is 94.2 cm³/mol. The third kappa shape index (κ3) is 6.05. The number of carbonyl (C=O) groups excluding carboxylic acids is 1. The van der Waals surface area contributed by atoms with Crippen LogP contribution in [0.15, 0.2) is 24.3 Å². The molecular weight excluding hydrogens is 288 g/mol. The first-order valence-corrected chi connectivity index (χ1v) is 9.00. The lowest BCUT2D eigenvalue weighted by Crippen LogP contribution is -2.28. The number of carbonyl (C=O) groups is 1. The molecule has 2 radical (unpaired) electrons. The number of rotatable bonds is 7. The maximum absolute atomic E-state index is 11.9. The molecule has 0 amide bonds. The van der Waals surface area contributed by atoms with Crippen molar-refractivity contribution in [1.82, 2.24) is 0 Å². The molecule has 0 aromatic heterocycles. The van der Waals surface area contributed by atoms with E-state index in [1.165, 1.54) is 11.1 Å². The summed E-state index contributed by atoms with van der Waals surface area (Å²) in [5, 5.41) is 0.166. The number of hydrogen-bond donors (Lipinski definition) is 0. The van der Waals surface area contributed by atoms with E-state index >= 15 is 0 Å². The van der Waals surface area contributed by atoms with Crippen LogP contribution in [0.1, 0.15) is 66.0 Å². The number of aryl methyl sites for hydroxylation is 1. The Labute approximate surface area is 138 Å². The summed E-state index contributed by atoms with van der Waals surface area (Å²) in [7, 11) is 0.441. The Kier molecular flexibility index (Phi) is 6.57. The van der Waals surface area contributed by atoms with Gasteiger partial charge < -0.3 is 4.43 Å². The molecule has 22 heavy (non-hydrogen) atoms. The van der Waals surface area contributed by atoms with Crippen molar-refractivity contribution in [2.45, 2.75) is 71.9 Å². The first-order valence-electron chi connectivity index (χ1n) is 8.09. The van der Waals surface area contributed by atoms with Crippen molar-refractivity contribution in [2.24, 2.45) is 5.92 Å². The fraction of sp³-hybridized carbons (Fsp3) is 0.632. The summed E-state index contributed by atoms with van der Waals surface area (Å²) in [5.74, 6) is 0.434. The second-order valence-electron chi connectivity index (χ2n) is 7.74. The van der Waals surface area contributed by atoms with Crippen LogP contribution in [0.4, 0.5) is 0 Å². The van der Waals surface area contributed by atoms with Gasteiger partial charge in [-0.3, -0.25) is 4.79 Å². The standard InChI is InChI=1S/C19H30O2Si/c1-14(2)17(20)13-12-15-10-8-9-11-16(15)19(6,7)21-22-18(3,4)5/h8-11,14H,12-13H2,1-7H3. The molecule has 0 saturated carbocycles. The fourth-order valence-corrected chi connectivity index (χ4v) is 2.88. The summed E-state index contributed by atoms with van der Waals surface area (Å²) < 4.78 is 6.22. The first-order chi connectivity index (χ1) is 10.0. The summed E-state index contributed by atoms with van der Waals surface area (Å²) in [4.78, 5) is 11.9. The molecule has 0 spiro atoms. The van der Waals surface area contributed by atoms with Crippen LogP contribution in [0.25, 0.3) is 0 Å². The Bertz CT molecular complexity index is 498. The van der Waals surface area contributed by atoms with Gasteiger partial charge in [-0.15, -0.1) is 0 Å². The summed E-state index contributed by atoms with van der Waals surface area (Å²) in [6.45, 7) is 14.7. The van der Waals surface area contributed by atoms with E-state index in [0.717, 1.165) is 6.42 Å². The molecule has 0 N–H and O–H groups in total. The molecule has 0 unspecified atom stereocenters. The smallest absolute Gasteiger partial charge is 0.236 e. The third-order valence-corrected chi connectivity index (χ3v) is 4.79. The summed E-state index contributed by atoms with van der Waals surface area (Å²) in [6.07, 6.45) is 1.39. The minimum absolute atomic E-state index is 0.110. The minimum atomic E-state index is -0.330. The van der Waals surface area contributed by atoms with E-state index in [1.807, 2.05) is 19.9 Å². The zero-order valence-electron chi connectivity index (χ0n) is 15.1. The highest BCUT2D eigenvalue weighted by atomic mass is 28.2. The molecule has 0 aliphatic heterocycles. The van der Waals surface area contributed by atoms with Crippen LogP contribution in [0.5, 0.6) is 0 Å². The molecule has 0 saturated heterocycles. The molecule has 3 heteroatoms. The average molecular weight is 319 g/mol. The van der Waals surface area contributed by atoms with Crippen LogP contribution >= 0.6 is 0 Å². The first kappa shape index (κ1) is 19.1. The Morgan fingerprint density at radius 2 is 1.73 bits per heavy atom. The van der Waals surface area contributed by atoms with E-state index in [-0.39, 0.29) is 16.6 Å². The second-order valence-corrected chi connectivity index (χ2v) is 9.65. The monoisotopic (exact) mass is 318 g/mol. The van der Waals surface area contributed by atoms with E-state index < -0.39 is 0 Å². The molecule has 1 aromatic carbocycles. The van der Waals surface area contributed by atoms with E-state index in [0.29, 0.717) is 22.0 Å². The van der Waals surface area contributed by atoms with Crippen LogP contribution in [0, 0.1) is 5.92 Å². The zero-order valence-corrected chi connectivity index (χ0v) is 16.1. The Hall–Kier alpha value is -0.933. The molecule has 1 rings (SSSR count). The highest BCUT2D eigenvalue weighted by molar-refractivity contribution is 6.31. The molecule has 0 atom stereocenters. The van der Waals surface area contributed by atoms with Crippen LogP contribution < -0.4 is 0 Å². The van der Waals surface area contributed by atoms with Gasteiger partial charge in [0.25, 0.3) is 0 Å². The van der Waals surface area contributed by atoms with E-state index in [4.69, 9.17) is 4.43 Å². The Morgan fingerprint density at radius 1 is 1.14 bits per heavy atom. The van der Waals surface area contributed by atoms with E-state index in [1.54, 1.807) is 0 Å². The lowest BCUT2D eigenvalue weighted by molar-refractivity contribution is -0.121. The number of Topliss-reactive ketones (excluding diaryl/α,β-unsaturated/α-hetero) is 1. The maximum atomic E-state index is 11.9. The Balaban J connectivity index is 2.88.